The van der Waals surface area contributed by atoms with Crippen LogP contribution in [0.5, 0.6) is 0 Å². The van der Waals surface area contributed by atoms with Crippen molar-refractivity contribution in [2.75, 3.05) is 13.2 Å². The molecule has 3 nitrogen and oxygen atoms in total. The number of carbonyl (C=O) groups excluding carboxylic acids is 1. The molecule has 27 heavy (non-hydrogen) atoms. The summed E-state index contributed by atoms with van der Waals surface area (Å²) in [4.78, 5) is 13.0. The van der Waals surface area contributed by atoms with Crippen LogP contribution in [0.1, 0.15) is 91.9 Å². The van der Waals surface area contributed by atoms with Gasteiger partial charge in [0, 0.05) is 18.9 Å². The van der Waals surface area contributed by atoms with Crippen LogP contribution in [-0.2, 0) is 14.3 Å². The van der Waals surface area contributed by atoms with Crippen LogP contribution in [0.2, 0.25) is 0 Å². The Bertz CT molecular complexity index is 564. The lowest BCUT2D eigenvalue weighted by Crippen LogP contribution is -2.60. The van der Waals surface area contributed by atoms with Gasteiger partial charge in [0.25, 0.3) is 0 Å². The third-order valence-corrected chi connectivity index (χ3v) is 9.29. The van der Waals surface area contributed by atoms with Crippen molar-refractivity contribution < 1.29 is 14.3 Å². The monoisotopic (exact) mass is 376 g/mol. The SMILES string of the molecule is CC1(C)CCC[C@]2(C)[C@H]3CCC(=O)[C@@H](COC4CCCCO4)[C@]3(C)CC[C@@H]12. The minimum atomic E-state index is -0.0870. The summed E-state index contributed by atoms with van der Waals surface area (Å²) in [5.41, 5.74) is 0.926. The van der Waals surface area contributed by atoms with E-state index in [0.717, 1.165) is 38.2 Å². The van der Waals surface area contributed by atoms with Crippen molar-refractivity contribution in [2.24, 2.45) is 34.0 Å². The van der Waals surface area contributed by atoms with E-state index in [1.807, 2.05) is 0 Å². The van der Waals surface area contributed by atoms with Gasteiger partial charge in [-0.1, -0.05) is 34.1 Å². The van der Waals surface area contributed by atoms with Crippen molar-refractivity contribution in [3.8, 4) is 0 Å². The zero-order valence-corrected chi connectivity index (χ0v) is 18.0. The summed E-state index contributed by atoms with van der Waals surface area (Å²) in [5.74, 6) is 1.96. The number of carbonyl (C=O) groups is 1. The third kappa shape index (κ3) is 3.31. The lowest BCUT2D eigenvalue weighted by molar-refractivity contribution is -0.203. The molecule has 0 N–H and O–H groups in total. The number of rotatable bonds is 3. The van der Waals surface area contributed by atoms with Crippen molar-refractivity contribution in [1.82, 2.24) is 0 Å². The first-order valence-corrected chi connectivity index (χ1v) is 11.5. The second kappa shape index (κ2) is 7.13. The first kappa shape index (κ1) is 19.9. The summed E-state index contributed by atoms with van der Waals surface area (Å²) in [6, 6.07) is 0. The van der Waals surface area contributed by atoms with E-state index in [2.05, 4.69) is 27.7 Å². The van der Waals surface area contributed by atoms with Crippen LogP contribution in [0.15, 0.2) is 0 Å². The molecule has 0 spiro atoms. The second-order valence-electron chi connectivity index (χ2n) is 11.2. The zero-order valence-electron chi connectivity index (χ0n) is 18.0. The van der Waals surface area contributed by atoms with E-state index >= 15 is 0 Å². The highest BCUT2D eigenvalue weighted by molar-refractivity contribution is 5.83. The molecule has 1 saturated heterocycles. The molecule has 3 saturated carbocycles. The van der Waals surface area contributed by atoms with Gasteiger partial charge in [-0.25, -0.2) is 0 Å². The molecule has 0 aromatic heterocycles. The lowest BCUT2D eigenvalue weighted by atomic mass is 9.39. The van der Waals surface area contributed by atoms with Crippen LogP contribution >= 0.6 is 0 Å². The molecule has 1 unspecified atom stereocenters. The molecule has 1 heterocycles. The predicted octanol–water partition coefficient (Wildman–Crippen LogP) is 5.76. The lowest BCUT2D eigenvalue weighted by Gasteiger charge is -2.65. The summed E-state index contributed by atoms with van der Waals surface area (Å²) < 4.78 is 11.9. The molecule has 4 aliphatic rings. The van der Waals surface area contributed by atoms with E-state index in [1.54, 1.807) is 0 Å². The number of ether oxygens (including phenoxy) is 2. The third-order valence-electron chi connectivity index (χ3n) is 9.29. The molecular weight excluding hydrogens is 336 g/mol. The van der Waals surface area contributed by atoms with Gasteiger partial charge in [-0.2, -0.15) is 0 Å². The molecule has 4 fully saturated rings. The molecule has 1 aliphatic heterocycles. The van der Waals surface area contributed by atoms with Crippen molar-refractivity contribution in [3.63, 3.8) is 0 Å². The van der Waals surface area contributed by atoms with Gasteiger partial charge < -0.3 is 9.47 Å². The highest BCUT2D eigenvalue weighted by Gasteiger charge is 2.62. The highest BCUT2D eigenvalue weighted by Crippen LogP contribution is 2.68. The molecule has 0 aromatic rings. The molecule has 6 atom stereocenters. The van der Waals surface area contributed by atoms with E-state index in [9.17, 15) is 4.79 Å². The van der Waals surface area contributed by atoms with Crippen molar-refractivity contribution >= 4 is 5.78 Å². The van der Waals surface area contributed by atoms with Crippen LogP contribution in [0.3, 0.4) is 0 Å². The van der Waals surface area contributed by atoms with Gasteiger partial charge in [-0.3, -0.25) is 4.79 Å². The van der Waals surface area contributed by atoms with Gasteiger partial charge in [0.2, 0.25) is 0 Å². The van der Waals surface area contributed by atoms with Crippen molar-refractivity contribution in [3.05, 3.63) is 0 Å². The molecule has 0 amide bonds. The smallest absolute Gasteiger partial charge is 0.157 e. The van der Waals surface area contributed by atoms with Crippen LogP contribution in [0.4, 0.5) is 0 Å². The molecule has 0 radical (unpaired) electrons. The molecule has 4 rings (SSSR count). The summed E-state index contributed by atoms with van der Waals surface area (Å²) in [7, 11) is 0. The van der Waals surface area contributed by atoms with Gasteiger partial charge >= 0.3 is 0 Å². The topological polar surface area (TPSA) is 35.5 Å². The normalized spacial score (nSPS) is 47.2. The summed E-state index contributed by atoms with van der Waals surface area (Å²) >= 11 is 0. The summed E-state index contributed by atoms with van der Waals surface area (Å²) in [6.45, 7) is 11.4. The number of ketones is 1. The molecule has 3 aliphatic carbocycles. The fourth-order valence-electron chi connectivity index (χ4n) is 7.92. The van der Waals surface area contributed by atoms with Crippen LogP contribution < -0.4 is 0 Å². The maximum Gasteiger partial charge on any atom is 0.157 e. The standard InChI is InChI=1S/C24H40O3/c1-22(2)12-7-13-24(4)19(22)11-14-23(3)17(18(25)9-10-20(23)24)16-27-21-8-5-6-15-26-21/h17,19-21H,5-16H2,1-4H3/t17-,19+,20+,21?,23+,24+/m1/s1. The van der Waals surface area contributed by atoms with E-state index < -0.39 is 0 Å². The van der Waals surface area contributed by atoms with Crippen LogP contribution in [0.25, 0.3) is 0 Å². The maximum absolute atomic E-state index is 13.0. The average Bonchev–Trinajstić information content (AvgIpc) is 2.61. The molecule has 0 aromatic carbocycles. The fourth-order valence-corrected chi connectivity index (χ4v) is 7.92. The van der Waals surface area contributed by atoms with Gasteiger partial charge in [-0.05, 0) is 79.4 Å². The van der Waals surface area contributed by atoms with Gasteiger partial charge in [0.1, 0.15) is 5.78 Å². The van der Waals surface area contributed by atoms with Crippen LogP contribution in [-0.4, -0.2) is 25.3 Å². The van der Waals surface area contributed by atoms with Crippen LogP contribution in [0, 0.1) is 34.0 Å². The van der Waals surface area contributed by atoms with E-state index in [4.69, 9.17) is 9.47 Å². The number of fused-ring (bicyclic) bond motifs is 3. The van der Waals surface area contributed by atoms with E-state index in [1.165, 1.54) is 38.5 Å². The number of hydrogen-bond acceptors (Lipinski definition) is 3. The largest absolute Gasteiger partial charge is 0.353 e. The van der Waals surface area contributed by atoms with E-state index in [-0.39, 0.29) is 17.6 Å². The Labute approximate surface area is 165 Å². The van der Waals surface area contributed by atoms with Gasteiger partial charge in [-0.15, -0.1) is 0 Å². The Morgan fingerprint density at radius 3 is 2.48 bits per heavy atom. The first-order chi connectivity index (χ1) is 12.8. The van der Waals surface area contributed by atoms with E-state index in [0.29, 0.717) is 29.1 Å². The summed E-state index contributed by atoms with van der Waals surface area (Å²) in [6.07, 6.45) is 11.6. The minimum Gasteiger partial charge on any atom is -0.353 e. The average molecular weight is 377 g/mol. The highest BCUT2D eigenvalue weighted by atomic mass is 16.7. The first-order valence-electron chi connectivity index (χ1n) is 11.5. The summed E-state index contributed by atoms with van der Waals surface area (Å²) in [5, 5.41) is 0. The Balaban J connectivity index is 1.55. The maximum atomic E-state index is 13.0. The quantitative estimate of drug-likeness (QED) is 0.628. The number of hydrogen-bond donors (Lipinski definition) is 0. The Morgan fingerprint density at radius 2 is 1.74 bits per heavy atom. The zero-order chi connectivity index (χ0) is 19.3. The minimum absolute atomic E-state index is 0.0598. The Morgan fingerprint density at radius 1 is 0.926 bits per heavy atom. The fraction of sp³-hybridized carbons (Fsp3) is 0.958. The predicted molar refractivity (Wildman–Crippen MR) is 107 cm³/mol. The van der Waals surface area contributed by atoms with Gasteiger partial charge in [0.15, 0.2) is 6.29 Å². The van der Waals surface area contributed by atoms with Crippen molar-refractivity contribution in [1.29, 1.82) is 0 Å². The molecule has 154 valence electrons. The Hall–Kier alpha value is -0.410. The Kier molecular flexibility index (Phi) is 5.25. The number of Topliss-reactive ketones (excluding diaryl/α,β-unsaturated/α-hetero) is 1. The molecule has 3 heteroatoms. The van der Waals surface area contributed by atoms with Crippen molar-refractivity contribution in [2.45, 2.75) is 98.2 Å². The second-order valence-corrected chi connectivity index (χ2v) is 11.2. The van der Waals surface area contributed by atoms with Gasteiger partial charge in [0.05, 0.1) is 6.61 Å². The molecular formula is C24H40O3. The molecule has 0 bridgehead atoms.